The van der Waals surface area contributed by atoms with Crippen LogP contribution in [0.15, 0.2) is 154 Å². The summed E-state index contributed by atoms with van der Waals surface area (Å²) in [6, 6.07) is 40.2. The lowest BCUT2D eigenvalue weighted by molar-refractivity contribution is -0.116. The predicted molar refractivity (Wildman–Crippen MR) is 207 cm³/mol. The molecule has 7 nitrogen and oxygen atoms in total. The molecular weight excluding hydrogens is 752 g/mol. The molecule has 1 aromatic heterocycles. The van der Waals surface area contributed by atoms with Crippen LogP contribution in [0.5, 0.6) is 0 Å². The summed E-state index contributed by atoms with van der Waals surface area (Å²) < 4.78 is 0.837. The van der Waals surface area contributed by atoms with Gasteiger partial charge in [-0.15, -0.1) is 23.1 Å². The fourth-order valence-electron chi connectivity index (χ4n) is 4.85. The lowest BCUT2D eigenvalue weighted by atomic mass is 10.1. The number of amides is 3. The standard InChI is InChI=1S/C39H28BrClN4O3S2/c40-28-15-9-10-25(22-28)23-33(43-36(46)27-13-5-2-6-14-27)37(47)42-29-18-20-30(21-19-29)50-35(26-11-3-1-4-12-26)38(48)45-39-44-34(24-49-39)31-16-7-8-17-32(31)41/h1-24,35H,(H,42,47)(H,43,46)(H,44,45,48)/b33-23-. The summed E-state index contributed by atoms with van der Waals surface area (Å²) in [5.41, 5.74) is 4.06. The van der Waals surface area contributed by atoms with Crippen molar-refractivity contribution in [3.05, 3.63) is 171 Å². The SMILES string of the molecule is O=C(Nc1ccc(SC(C(=O)Nc2nc(-c3ccccc3Cl)cs2)c2ccccc2)cc1)/C(=C/c1cccc(Br)c1)NC(=O)c1ccccc1. The number of halogens is 2. The van der Waals surface area contributed by atoms with E-state index >= 15 is 0 Å². The quantitative estimate of drug-likeness (QED) is 0.0898. The van der Waals surface area contributed by atoms with Crippen molar-refractivity contribution in [2.75, 3.05) is 10.6 Å². The fourth-order valence-corrected chi connectivity index (χ4v) is 7.24. The molecule has 0 aliphatic heterocycles. The number of aromatic nitrogens is 1. The number of hydrogen-bond donors (Lipinski definition) is 3. The Labute approximate surface area is 311 Å². The molecule has 50 heavy (non-hydrogen) atoms. The van der Waals surface area contributed by atoms with Crippen LogP contribution in [0, 0.1) is 0 Å². The van der Waals surface area contributed by atoms with Gasteiger partial charge in [0.2, 0.25) is 5.91 Å². The predicted octanol–water partition coefficient (Wildman–Crippen LogP) is 10.1. The molecule has 0 spiro atoms. The van der Waals surface area contributed by atoms with E-state index in [1.54, 1.807) is 48.5 Å². The highest BCUT2D eigenvalue weighted by atomic mass is 79.9. The van der Waals surface area contributed by atoms with Crippen molar-refractivity contribution in [3.63, 3.8) is 0 Å². The average molecular weight is 780 g/mol. The molecule has 1 atom stereocenters. The Balaban J connectivity index is 1.17. The number of nitrogens with one attached hydrogen (secondary N) is 3. The molecule has 5 aromatic carbocycles. The number of thioether (sulfide) groups is 1. The van der Waals surface area contributed by atoms with E-state index in [1.165, 1.54) is 23.1 Å². The van der Waals surface area contributed by atoms with E-state index in [2.05, 4.69) is 36.9 Å². The van der Waals surface area contributed by atoms with Crippen molar-refractivity contribution in [2.24, 2.45) is 0 Å². The zero-order valence-electron chi connectivity index (χ0n) is 26.2. The number of rotatable bonds is 11. The first kappa shape index (κ1) is 34.8. The summed E-state index contributed by atoms with van der Waals surface area (Å²) in [4.78, 5) is 45.6. The first-order valence-electron chi connectivity index (χ1n) is 15.3. The number of benzene rings is 5. The number of hydrogen-bond acceptors (Lipinski definition) is 6. The van der Waals surface area contributed by atoms with Crippen molar-refractivity contribution >= 4 is 85.2 Å². The van der Waals surface area contributed by atoms with Crippen molar-refractivity contribution < 1.29 is 14.4 Å². The molecule has 1 heterocycles. The minimum atomic E-state index is -0.586. The molecule has 1 unspecified atom stereocenters. The zero-order chi connectivity index (χ0) is 34.9. The third-order valence-electron chi connectivity index (χ3n) is 7.28. The number of anilines is 2. The molecule has 6 aromatic rings. The van der Waals surface area contributed by atoms with Gasteiger partial charge in [-0.3, -0.25) is 14.4 Å². The Kier molecular flexibility index (Phi) is 11.6. The van der Waals surface area contributed by atoms with Crippen molar-refractivity contribution in [1.29, 1.82) is 0 Å². The van der Waals surface area contributed by atoms with E-state index in [4.69, 9.17) is 11.6 Å². The molecule has 0 aliphatic carbocycles. The van der Waals surface area contributed by atoms with Gasteiger partial charge in [0.05, 0.1) is 5.69 Å². The zero-order valence-corrected chi connectivity index (χ0v) is 30.2. The molecule has 0 bridgehead atoms. The molecule has 248 valence electrons. The second-order valence-corrected chi connectivity index (χ2v) is 14.2. The molecule has 3 amide bonds. The molecule has 11 heteroatoms. The van der Waals surface area contributed by atoms with Gasteiger partial charge < -0.3 is 16.0 Å². The van der Waals surface area contributed by atoms with E-state index in [1.807, 2.05) is 96.4 Å². The van der Waals surface area contributed by atoms with Crippen LogP contribution in [-0.4, -0.2) is 22.7 Å². The summed E-state index contributed by atoms with van der Waals surface area (Å²) in [5, 5.41) is 10.9. The summed E-state index contributed by atoms with van der Waals surface area (Å²) >= 11 is 12.5. The second kappa shape index (κ2) is 16.6. The fraction of sp³-hybridized carbons (Fsp3) is 0.0256. The molecule has 0 aliphatic rings. The number of nitrogens with zero attached hydrogens (tertiary/aromatic N) is 1. The van der Waals surface area contributed by atoms with Gasteiger partial charge in [0, 0.05) is 36.6 Å². The van der Waals surface area contributed by atoms with E-state index in [0.717, 1.165) is 26.1 Å². The smallest absolute Gasteiger partial charge is 0.272 e. The van der Waals surface area contributed by atoms with E-state index < -0.39 is 17.1 Å². The molecule has 0 saturated heterocycles. The van der Waals surface area contributed by atoms with Gasteiger partial charge in [0.15, 0.2) is 5.13 Å². The van der Waals surface area contributed by atoms with E-state index in [0.29, 0.717) is 27.1 Å². The van der Waals surface area contributed by atoms with Crippen LogP contribution >= 0.6 is 50.6 Å². The largest absolute Gasteiger partial charge is 0.321 e. The third-order valence-corrected chi connectivity index (χ3v) is 10.1. The maximum atomic E-state index is 13.7. The highest BCUT2D eigenvalue weighted by molar-refractivity contribution is 9.10. The number of thiazole rings is 1. The molecule has 6 rings (SSSR count). The minimum Gasteiger partial charge on any atom is -0.321 e. The maximum absolute atomic E-state index is 13.7. The van der Waals surface area contributed by atoms with E-state index in [9.17, 15) is 14.4 Å². The normalized spacial score (nSPS) is 11.8. The Morgan fingerprint density at radius 2 is 1.50 bits per heavy atom. The van der Waals surface area contributed by atoms with E-state index in [-0.39, 0.29) is 11.6 Å². The van der Waals surface area contributed by atoms with Gasteiger partial charge in [-0.25, -0.2) is 4.98 Å². The monoisotopic (exact) mass is 778 g/mol. The van der Waals surface area contributed by atoms with Crippen molar-refractivity contribution in [3.8, 4) is 11.3 Å². The highest BCUT2D eigenvalue weighted by Crippen LogP contribution is 2.38. The first-order chi connectivity index (χ1) is 24.3. The summed E-state index contributed by atoms with van der Waals surface area (Å²) in [7, 11) is 0. The van der Waals surface area contributed by atoms with Gasteiger partial charge in [-0.2, -0.15) is 0 Å². The van der Waals surface area contributed by atoms with Crippen molar-refractivity contribution in [1.82, 2.24) is 10.3 Å². The van der Waals surface area contributed by atoms with Crippen LogP contribution in [0.1, 0.15) is 26.7 Å². The van der Waals surface area contributed by atoms with Crippen LogP contribution in [0.25, 0.3) is 17.3 Å². The lowest BCUT2D eigenvalue weighted by Gasteiger charge is -2.17. The minimum absolute atomic E-state index is 0.0797. The Bertz CT molecular complexity index is 2160. The molecule has 0 fully saturated rings. The molecule has 0 saturated carbocycles. The van der Waals surface area contributed by atoms with Gasteiger partial charge in [-0.1, -0.05) is 106 Å². The topological polar surface area (TPSA) is 100 Å². The third kappa shape index (κ3) is 9.16. The first-order valence-corrected chi connectivity index (χ1v) is 18.2. The van der Waals surface area contributed by atoms with Gasteiger partial charge in [0.1, 0.15) is 10.9 Å². The maximum Gasteiger partial charge on any atom is 0.272 e. The molecule has 3 N–H and O–H groups in total. The summed E-state index contributed by atoms with van der Waals surface area (Å²) in [6.07, 6.45) is 1.62. The molecule has 0 radical (unpaired) electrons. The van der Waals surface area contributed by atoms with Gasteiger partial charge >= 0.3 is 0 Å². The summed E-state index contributed by atoms with van der Waals surface area (Å²) in [5.74, 6) is -1.12. The average Bonchev–Trinajstić information content (AvgIpc) is 3.60. The number of carbonyl (C=O) groups excluding carboxylic acids is 3. The lowest BCUT2D eigenvalue weighted by Crippen LogP contribution is -2.30. The number of carbonyl (C=O) groups is 3. The Hall–Kier alpha value is -5.00. The van der Waals surface area contributed by atoms with Gasteiger partial charge in [0.25, 0.3) is 11.8 Å². The second-order valence-electron chi connectivity index (χ2n) is 10.8. The highest BCUT2D eigenvalue weighted by Gasteiger charge is 2.24. The molecular formula is C39H28BrClN4O3S2. The van der Waals surface area contributed by atoms with Crippen molar-refractivity contribution in [2.45, 2.75) is 10.1 Å². The summed E-state index contributed by atoms with van der Waals surface area (Å²) in [6.45, 7) is 0. The Morgan fingerprint density at radius 1 is 0.800 bits per heavy atom. The van der Waals surface area contributed by atoms with Crippen LogP contribution in [0.3, 0.4) is 0 Å². The van der Waals surface area contributed by atoms with Crippen LogP contribution < -0.4 is 16.0 Å². The Morgan fingerprint density at radius 3 is 2.22 bits per heavy atom. The van der Waals surface area contributed by atoms with Gasteiger partial charge in [-0.05, 0) is 71.8 Å². The van der Waals surface area contributed by atoms with Crippen LogP contribution in [0.4, 0.5) is 10.8 Å². The van der Waals surface area contributed by atoms with Crippen LogP contribution in [0.2, 0.25) is 5.02 Å². The van der Waals surface area contributed by atoms with Crippen LogP contribution in [-0.2, 0) is 9.59 Å².